The predicted octanol–water partition coefficient (Wildman–Crippen LogP) is 3.74. The number of benzene rings is 2. The molecule has 0 aliphatic rings. The van der Waals surface area contributed by atoms with Gasteiger partial charge in [0.2, 0.25) is 5.91 Å². The van der Waals surface area contributed by atoms with Crippen molar-refractivity contribution >= 4 is 35.0 Å². The maximum absolute atomic E-state index is 11.8. The number of nitrogens with one attached hydrogen (secondary N) is 2. The van der Waals surface area contributed by atoms with Crippen LogP contribution >= 0.6 is 11.6 Å². The van der Waals surface area contributed by atoms with Gasteiger partial charge in [-0.1, -0.05) is 23.7 Å². The SMILES string of the molecule is CNc1ccc(C=CC(=O)Nc2cccc(Cl)c2)cc1O. The molecule has 0 unspecified atom stereocenters. The lowest BCUT2D eigenvalue weighted by atomic mass is 10.1. The Balaban J connectivity index is 2.03. The first kappa shape index (κ1) is 14.9. The van der Waals surface area contributed by atoms with Crippen LogP contribution in [0, 0.1) is 0 Å². The Hall–Kier alpha value is -2.46. The highest BCUT2D eigenvalue weighted by Gasteiger charge is 2.01. The molecule has 21 heavy (non-hydrogen) atoms. The van der Waals surface area contributed by atoms with Crippen molar-refractivity contribution in [3.63, 3.8) is 0 Å². The molecule has 0 heterocycles. The van der Waals surface area contributed by atoms with Crippen molar-refractivity contribution in [2.24, 2.45) is 0 Å². The summed E-state index contributed by atoms with van der Waals surface area (Å²) in [5.41, 5.74) is 1.99. The van der Waals surface area contributed by atoms with E-state index in [2.05, 4.69) is 10.6 Å². The third-order valence-corrected chi connectivity index (χ3v) is 3.05. The van der Waals surface area contributed by atoms with E-state index < -0.39 is 0 Å². The molecule has 0 spiro atoms. The van der Waals surface area contributed by atoms with Crippen LogP contribution in [-0.2, 0) is 4.79 Å². The van der Waals surface area contributed by atoms with Gasteiger partial charge in [0.1, 0.15) is 5.75 Å². The Bertz CT molecular complexity index is 684. The number of carbonyl (C=O) groups excluding carboxylic acids is 1. The highest BCUT2D eigenvalue weighted by molar-refractivity contribution is 6.30. The molecule has 0 aromatic heterocycles. The third-order valence-electron chi connectivity index (χ3n) is 2.81. The second-order valence-corrected chi connectivity index (χ2v) is 4.80. The van der Waals surface area contributed by atoms with Gasteiger partial charge in [-0.2, -0.15) is 0 Å². The van der Waals surface area contributed by atoms with Crippen LogP contribution in [0.15, 0.2) is 48.5 Å². The first-order valence-corrected chi connectivity index (χ1v) is 6.71. The van der Waals surface area contributed by atoms with Gasteiger partial charge in [-0.25, -0.2) is 0 Å². The van der Waals surface area contributed by atoms with E-state index in [9.17, 15) is 9.90 Å². The van der Waals surface area contributed by atoms with Crippen molar-refractivity contribution in [1.82, 2.24) is 0 Å². The summed E-state index contributed by atoms with van der Waals surface area (Å²) in [4.78, 5) is 11.8. The van der Waals surface area contributed by atoms with Crippen molar-refractivity contribution in [2.75, 3.05) is 17.7 Å². The van der Waals surface area contributed by atoms with Crippen LogP contribution < -0.4 is 10.6 Å². The van der Waals surface area contributed by atoms with Gasteiger partial charge >= 0.3 is 0 Å². The number of halogens is 1. The molecule has 0 aliphatic heterocycles. The summed E-state index contributed by atoms with van der Waals surface area (Å²) >= 11 is 5.84. The van der Waals surface area contributed by atoms with E-state index >= 15 is 0 Å². The smallest absolute Gasteiger partial charge is 0.248 e. The van der Waals surface area contributed by atoms with Gasteiger partial charge in [-0.05, 0) is 42.0 Å². The minimum Gasteiger partial charge on any atom is -0.506 e. The maximum Gasteiger partial charge on any atom is 0.248 e. The Labute approximate surface area is 128 Å². The first-order chi connectivity index (χ1) is 10.1. The fourth-order valence-corrected chi connectivity index (χ4v) is 1.98. The molecule has 5 heteroatoms. The molecule has 2 rings (SSSR count). The summed E-state index contributed by atoms with van der Waals surface area (Å²) in [6.07, 6.45) is 3.02. The molecule has 4 nitrogen and oxygen atoms in total. The quantitative estimate of drug-likeness (QED) is 0.595. The fourth-order valence-electron chi connectivity index (χ4n) is 1.79. The van der Waals surface area contributed by atoms with Gasteiger partial charge in [-0.3, -0.25) is 4.79 Å². The second kappa shape index (κ2) is 6.81. The summed E-state index contributed by atoms with van der Waals surface area (Å²) in [6, 6.07) is 12.0. The molecule has 0 saturated heterocycles. The Morgan fingerprint density at radius 3 is 2.71 bits per heavy atom. The van der Waals surface area contributed by atoms with Crippen LogP contribution in [0.2, 0.25) is 5.02 Å². The lowest BCUT2D eigenvalue weighted by Gasteiger charge is -2.04. The third kappa shape index (κ3) is 4.26. The molecule has 0 saturated carbocycles. The number of hydrogen-bond acceptors (Lipinski definition) is 3. The van der Waals surface area contributed by atoms with Crippen LogP contribution in [0.3, 0.4) is 0 Å². The average Bonchev–Trinajstić information content (AvgIpc) is 2.45. The summed E-state index contributed by atoms with van der Waals surface area (Å²) in [6.45, 7) is 0. The average molecular weight is 303 g/mol. The van der Waals surface area contributed by atoms with Crippen LogP contribution in [0.5, 0.6) is 5.75 Å². The minimum atomic E-state index is -0.269. The van der Waals surface area contributed by atoms with E-state index in [4.69, 9.17) is 11.6 Å². The molecule has 3 N–H and O–H groups in total. The zero-order valence-corrected chi connectivity index (χ0v) is 12.2. The summed E-state index contributed by atoms with van der Waals surface area (Å²) in [7, 11) is 1.73. The zero-order valence-electron chi connectivity index (χ0n) is 11.4. The van der Waals surface area contributed by atoms with E-state index in [0.717, 1.165) is 5.56 Å². The van der Waals surface area contributed by atoms with Crippen LogP contribution in [0.1, 0.15) is 5.56 Å². The number of phenolic OH excluding ortho intramolecular Hbond substituents is 1. The van der Waals surface area contributed by atoms with Gasteiger partial charge in [0.25, 0.3) is 0 Å². The molecular formula is C16H15ClN2O2. The Morgan fingerprint density at radius 1 is 1.24 bits per heavy atom. The van der Waals surface area contributed by atoms with E-state index in [1.165, 1.54) is 6.08 Å². The number of phenols is 1. The predicted molar refractivity (Wildman–Crippen MR) is 86.8 cm³/mol. The molecule has 0 aliphatic carbocycles. The number of aromatic hydroxyl groups is 1. The summed E-state index contributed by atoms with van der Waals surface area (Å²) in [5.74, 6) is -0.135. The van der Waals surface area contributed by atoms with Gasteiger partial charge in [-0.15, -0.1) is 0 Å². The molecule has 2 aromatic rings. The van der Waals surface area contributed by atoms with E-state index in [1.807, 2.05) is 0 Å². The molecule has 0 radical (unpaired) electrons. The first-order valence-electron chi connectivity index (χ1n) is 6.34. The van der Waals surface area contributed by atoms with Gasteiger partial charge < -0.3 is 15.7 Å². The van der Waals surface area contributed by atoms with Crippen LogP contribution in [0.25, 0.3) is 6.08 Å². The summed E-state index contributed by atoms with van der Waals surface area (Å²) in [5, 5.41) is 15.8. The van der Waals surface area contributed by atoms with Crippen molar-refractivity contribution in [3.05, 3.63) is 59.1 Å². The minimum absolute atomic E-state index is 0.134. The molecule has 1 amide bonds. The molecular weight excluding hydrogens is 288 g/mol. The van der Waals surface area contributed by atoms with Gasteiger partial charge in [0, 0.05) is 23.8 Å². The second-order valence-electron chi connectivity index (χ2n) is 4.36. The summed E-state index contributed by atoms with van der Waals surface area (Å²) < 4.78 is 0. The molecule has 0 bridgehead atoms. The lowest BCUT2D eigenvalue weighted by molar-refractivity contribution is -0.111. The van der Waals surface area contributed by atoms with Crippen molar-refractivity contribution in [2.45, 2.75) is 0 Å². The molecule has 0 fully saturated rings. The number of amides is 1. The van der Waals surface area contributed by atoms with Crippen LogP contribution in [0.4, 0.5) is 11.4 Å². The maximum atomic E-state index is 11.8. The number of rotatable bonds is 4. The van der Waals surface area contributed by atoms with Crippen molar-refractivity contribution in [3.8, 4) is 5.75 Å². The monoisotopic (exact) mass is 302 g/mol. The van der Waals surface area contributed by atoms with Crippen molar-refractivity contribution in [1.29, 1.82) is 0 Å². The molecule has 2 aromatic carbocycles. The normalized spacial score (nSPS) is 10.6. The lowest BCUT2D eigenvalue weighted by Crippen LogP contribution is -2.07. The van der Waals surface area contributed by atoms with Crippen LogP contribution in [-0.4, -0.2) is 18.1 Å². The van der Waals surface area contributed by atoms with E-state index in [-0.39, 0.29) is 11.7 Å². The topological polar surface area (TPSA) is 61.4 Å². The van der Waals surface area contributed by atoms with E-state index in [1.54, 1.807) is 55.6 Å². The zero-order chi connectivity index (χ0) is 15.2. The number of carbonyl (C=O) groups is 1. The van der Waals surface area contributed by atoms with E-state index in [0.29, 0.717) is 16.4 Å². The number of hydrogen-bond donors (Lipinski definition) is 3. The Morgan fingerprint density at radius 2 is 2.05 bits per heavy atom. The number of anilines is 2. The van der Waals surface area contributed by atoms with Gasteiger partial charge in [0.15, 0.2) is 0 Å². The highest BCUT2D eigenvalue weighted by Crippen LogP contribution is 2.24. The Kier molecular flexibility index (Phi) is 4.85. The standard InChI is InChI=1S/C16H15ClN2O2/c1-18-14-7-5-11(9-15(14)20)6-8-16(21)19-13-4-2-3-12(17)10-13/h2-10,18,20H,1H3,(H,19,21). The van der Waals surface area contributed by atoms with Crippen molar-refractivity contribution < 1.29 is 9.90 Å². The molecule has 0 atom stereocenters. The van der Waals surface area contributed by atoms with Gasteiger partial charge in [0.05, 0.1) is 5.69 Å². The fraction of sp³-hybridized carbons (Fsp3) is 0.0625. The molecule has 108 valence electrons. The largest absolute Gasteiger partial charge is 0.506 e. The highest BCUT2D eigenvalue weighted by atomic mass is 35.5.